The van der Waals surface area contributed by atoms with Crippen LogP contribution in [0.2, 0.25) is 20.1 Å². The Bertz CT molecular complexity index is 651. The van der Waals surface area contributed by atoms with E-state index in [1.807, 2.05) is 18.2 Å². The van der Waals surface area contributed by atoms with Gasteiger partial charge in [0.2, 0.25) is 0 Å². The molecule has 0 aliphatic heterocycles. The van der Waals surface area contributed by atoms with Crippen LogP contribution in [-0.4, -0.2) is 11.7 Å². The van der Waals surface area contributed by atoms with Crippen LogP contribution < -0.4 is 10.6 Å². The molecule has 0 spiro atoms. The largest absolute Gasteiger partial charge is 0.362 e. The van der Waals surface area contributed by atoms with Gasteiger partial charge in [-0.1, -0.05) is 52.5 Å². The Hall–Kier alpha value is -0.710. The molecule has 2 nitrogen and oxygen atoms in total. The third kappa shape index (κ3) is 5.18. The highest BCUT2D eigenvalue weighted by Crippen LogP contribution is 2.24. The third-order valence-electron chi connectivity index (χ3n) is 2.84. The van der Waals surface area contributed by atoms with E-state index in [-0.39, 0.29) is 0 Å². The number of rotatable bonds is 4. The van der Waals surface area contributed by atoms with Crippen molar-refractivity contribution in [1.29, 1.82) is 0 Å². The molecular formula is C15H12Cl4N2S. The van der Waals surface area contributed by atoms with Gasteiger partial charge in [-0.2, -0.15) is 0 Å². The summed E-state index contributed by atoms with van der Waals surface area (Å²) in [6, 6.07) is 10.6. The van der Waals surface area contributed by atoms with Gasteiger partial charge in [-0.3, -0.25) is 0 Å². The molecule has 0 fully saturated rings. The van der Waals surface area contributed by atoms with Crippen molar-refractivity contribution in [3.8, 4) is 0 Å². The molecule has 0 aromatic heterocycles. The lowest BCUT2D eigenvalue weighted by molar-refractivity contribution is 0.874. The molecule has 2 aromatic rings. The highest BCUT2D eigenvalue weighted by molar-refractivity contribution is 7.80. The number of hydrogen-bond acceptors (Lipinski definition) is 1. The number of anilines is 1. The van der Waals surface area contributed by atoms with Crippen LogP contribution in [0.5, 0.6) is 0 Å². The van der Waals surface area contributed by atoms with Crippen LogP contribution in [0.25, 0.3) is 0 Å². The van der Waals surface area contributed by atoms with Crippen molar-refractivity contribution < 1.29 is 0 Å². The summed E-state index contributed by atoms with van der Waals surface area (Å²) < 4.78 is 0. The van der Waals surface area contributed by atoms with E-state index in [9.17, 15) is 0 Å². The first-order valence-corrected chi connectivity index (χ1v) is 8.31. The molecule has 0 aliphatic carbocycles. The van der Waals surface area contributed by atoms with Crippen LogP contribution in [0.3, 0.4) is 0 Å². The van der Waals surface area contributed by atoms with Crippen LogP contribution in [0, 0.1) is 0 Å². The summed E-state index contributed by atoms with van der Waals surface area (Å²) in [4.78, 5) is 0. The topological polar surface area (TPSA) is 24.1 Å². The van der Waals surface area contributed by atoms with Gasteiger partial charge >= 0.3 is 0 Å². The Labute approximate surface area is 154 Å². The Morgan fingerprint density at radius 1 is 0.955 bits per heavy atom. The summed E-state index contributed by atoms with van der Waals surface area (Å²) in [5.41, 5.74) is 1.62. The Kier molecular flexibility index (Phi) is 6.60. The second-order valence-electron chi connectivity index (χ2n) is 4.49. The van der Waals surface area contributed by atoms with Crippen molar-refractivity contribution in [2.45, 2.75) is 6.42 Å². The molecule has 2 rings (SSSR count). The molecule has 2 aromatic carbocycles. The maximum atomic E-state index is 6.12. The smallest absolute Gasteiger partial charge is 0.170 e. The highest BCUT2D eigenvalue weighted by atomic mass is 35.5. The Balaban J connectivity index is 1.88. The molecule has 2 N–H and O–H groups in total. The first-order valence-electron chi connectivity index (χ1n) is 6.39. The molecule has 0 saturated carbocycles. The summed E-state index contributed by atoms with van der Waals surface area (Å²) in [6.07, 6.45) is 0.663. The number of hydrogen-bond donors (Lipinski definition) is 2. The normalized spacial score (nSPS) is 10.4. The maximum Gasteiger partial charge on any atom is 0.170 e. The first kappa shape index (κ1) is 17.6. The van der Waals surface area contributed by atoms with Gasteiger partial charge < -0.3 is 10.6 Å². The van der Waals surface area contributed by atoms with Crippen molar-refractivity contribution in [3.63, 3.8) is 0 Å². The second kappa shape index (κ2) is 8.23. The van der Waals surface area contributed by atoms with E-state index in [1.54, 1.807) is 18.2 Å². The monoisotopic (exact) mass is 392 g/mol. The minimum absolute atomic E-state index is 0.474. The predicted octanol–water partition coefficient (Wildman–Crippen LogP) is 5.83. The number of nitrogens with one attached hydrogen (secondary N) is 2. The fourth-order valence-electron chi connectivity index (χ4n) is 1.87. The summed E-state index contributed by atoms with van der Waals surface area (Å²) in [5.74, 6) is 0. The zero-order valence-corrected chi connectivity index (χ0v) is 15.1. The molecule has 0 aliphatic rings. The number of thiocarbonyl (C=S) groups is 1. The lowest BCUT2D eigenvalue weighted by Gasteiger charge is -2.12. The lowest BCUT2D eigenvalue weighted by atomic mass is 10.1. The fourth-order valence-corrected chi connectivity index (χ4v) is 3.21. The minimum Gasteiger partial charge on any atom is -0.362 e. The first-order chi connectivity index (χ1) is 10.5. The Morgan fingerprint density at radius 3 is 2.14 bits per heavy atom. The SMILES string of the molecule is S=C(NCCc1c(Cl)cccc1Cl)Nc1cc(Cl)cc(Cl)c1. The third-order valence-corrected chi connectivity index (χ3v) is 4.23. The summed E-state index contributed by atoms with van der Waals surface area (Å²) in [7, 11) is 0. The maximum absolute atomic E-state index is 6.12. The molecule has 7 heteroatoms. The van der Waals surface area contributed by atoms with Crippen molar-refractivity contribution in [3.05, 3.63) is 62.1 Å². The van der Waals surface area contributed by atoms with Gasteiger partial charge in [0.25, 0.3) is 0 Å². The van der Waals surface area contributed by atoms with Crippen molar-refractivity contribution >= 4 is 69.4 Å². The molecular weight excluding hydrogens is 382 g/mol. The van der Waals surface area contributed by atoms with Gasteiger partial charge in [0.15, 0.2) is 5.11 Å². The van der Waals surface area contributed by atoms with E-state index in [0.29, 0.717) is 38.2 Å². The van der Waals surface area contributed by atoms with Gasteiger partial charge in [-0.15, -0.1) is 0 Å². The van der Waals surface area contributed by atoms with E-state index in [0.717, 1.165) is 11.3 Å². The summed E-state index contributed by atoms with van der Waals surface area (Å²) in [6.45, 7) is 0.601. The van der Waals surface area contributed by atoms with Gasteiger partial charge in [0.1, 0.15) is 0 Å². The van der Waals surface area contributed by atoms with Crippen molar-refractivity contribution in [2.75, 3.05) is 11.9 Å². The molecule has 0 heterocycles. The summed E-state index contributed by atoms with van der Waals surface area (Å²) >= 11 is 29.3. The molecule has 116 valence electrons. The van der Waals surface area contributed by atoms with E-state index >= 15 is 0 Å². The Morgan fingerprint density at radius 2 is 1.55 bits per heavy atom. The number of benzene rings is 2. The van der Waals surface area contributed by atoms with Crippen LogP contribution in [0.1, 0.15) is 5.56 Å². The molecule has 0 amide bonds. The van der Waals surface area contributed by atoms with E-state index < -0.39 is 0 Å². The molecule has 0 radical (unpaired) electrons. The van der Waals surface area contributed by atoms with E-state index in [1.165, 1.54) is 0 Å². The predicted molar refractivity (Wildman–Crippen MR) is 101 cm³/mol. The van der Waals surface area contributed by atoms with Crippen LogP contribution in [-0.2, 0) is 6.42 Å². The van der Waals surface area contributed by atoms with Crippen LogP contribution >= 0.6 is 58.6 Å². The van der Waals surface area contributed by atoms with Gasteiger partial charge in [-0.05, 0) is 54.5 Å². The average molecular weight is 394 g/mol. The van der Waals surface area contributed by atoms with Crippen molar-refractivity contribution in [1.82, 2.24) is 5.32 Å². The second-order valence-corrected chi connectivity index (χ2v) is 6.58. The molecule has 22 heavy (non-hydrogen) atoms. The van der Waals surface area contributed by atoms with Gasteiger partial charge in [0.05, 0.1) is 0 Å². The molecule has 0 unspecified atom stereocenters. The zero-order valence-electron chi connectivity index (χ0n) is 11.3. The summed E-state index contributed by atoms with van der Waals surface area (Å²) in [5, 5.41) is 8.97. The number of halogens is 4. The average Bonchev–Trinajstić information content (AvgIpc) is 2.41. The van der Waals surface area contributed by atoms with Crippen molar-refractivity contribution in [2.24, 2.45) is 0 Å². The standard InChI is InChI=1S/C15H12Cl4N2S/c16-9-6-10(17)8-11(7-9)21-15(22)20-5-4-12-13(18)2-1-3-14(12)19/h1-3,6-8H,4-5H2,(H2,20,21,22). The van der Waals surface area contributed by atoms with E-state index in [2.05, 4.69) is 10.6 Å². The highest BCUT2D eigenvalue weighted by Gasteiger charge is 2.06. The van der Waals surface area contributed by atoms with E-state index in [4.69, 9.17) is 58.6 Å². The van der Waals surface area contributed by atoms with Crippen LogP contribution in [0.15, 0.2) is 36.4 Å². The molecule has 0 bridgehead atoms. The lowest BCUT2D eigenvalue weighted by Crippen LogP contribution is -2.30. The van der Waals surface area contributed by atoms with Crippen LogP contribution in [0.4, 0.5) is 5.69 Å². The van der Waals surface area contributed by atoms with Gasteiger partial charge in [0, 0.05) is 32.3 Å². The molecule has 0 atom stereocenters. The zero-order chi connectivity index (χ0) is 16.1. The minimum atomic E-state index is 0.474. The molecule has 0 saturated heterocycles. The fraction of sp³-hybridized carbons (Fsp3) is 0.133. The van der Waals surface area contributed by atoms with Gasteiger partial charge in [-0.25, -0.2) is 0 Å². The quantitative estimate of drug-likeness (QED) is 0.639.